The van der Waals surface area contributed by atoms with Crippen LogP contribution in [0.1, 0.15) is 33.9 Å². The van der Waals surface area contributed by atoms with E-state index >= 15 is 0 Å². The molecule has 0 saturated carbocycles. The molecule has 5 heteroatoms. The second-order valence-corrected chi connectivity index (χ2v) is 7.00. The highest BCUT2D eigenvalue weighted by Crippen LogP contribution is 2.34. The summed E-state index contributed by atoms with van der Waals surface area (Å²) in [6.07, 6.45) is 0.648. The summed E-state index contributed by atoms with van der Waals surface area (Å²) in [5.41, 5.74) is 3.48. The quantitative estimate of drug-likeness (QED) is 0.603. The number of ether oxygens (including phenoxy) is 1. The molecule has 0 aliphatic carbocycles. The molecule has 3 aromatic rings. The summed E-state index contributed by atoms with van der Waals surface area (Å²) < 4.78 is 5.26. The number of carbonyl (C=O) groups is 1. The molecule has 1 atom stereocenters. The number of hydrazone groups is 1. The highest BCUT2D eigenvalue weighted by Gasteiger charge is 2.33. The summed E-state index contributed by atoms with van der Waals surface area (Å²) in [4.78, 5) is 13.2. The van der Waals surface area contributed by atoms with Crippen molar-refractivity contribution in [2.24, 2.45) is 5.10 Å². The van der Waals surface area contributed by atoms with Crippen molar-refractivity contribution in [3.63, 3.8) is 0 Å². The van der Waals surface area contributed by atoms with Gasteiger partial charge in [-0.3, -0.25) is 4.79 Å². The van der Waals surface area contributed by atoms with Crippen LogP contribution in [0, 0.1) is 0 Å². The van der Waals surface area contributed by atoms with Gasteiger partial charge in [0.15, 0.2) is 0 Å². The first-order chi connectivity index (χ1) is 13.7. The number of amides is 1. The van der Waals surface area contributed by atoms with Gasteiger partial charge in [0.05, 0.1) is 18.9 Å². The molecule has 0 aromatic heterocycles. The van der Waals surface area contributed by atoms with Gasteiger partial charge in [0.25, 0.3) is 5.91 Å². The summed E-state index contributed by atoms with van der Waals surface area (Å²) >= 11 is 5.97. The maximum atomic E-state index is 13.2. The Bertz CT molecular complexity index is 999. The van der Waals surface area contributed by atoms with E-state index in [0.29, 0.717) is 17.0 Å². The number of carbonyl (C=O) groups excluding carboxylic acids is 1. The smallest absolute Gasteiger partial charge is 0.274 e. The van der Waals surface area contributed by atoms with Crippen LogP contribution in [-0.2, 0) is 0 Å². The van der Waals surface area contributed by atoms with Crippen molar-refractivity contribution in [1.29, 1.82) is 0 Å². The number of methoxy groups -OCH3 is 1. The minimum atomic E-state index is -0.177. The molecular weight excluding hydrogens is 372 g/mol. The first-order valence-electron chi connectivity index (χ1n) is 9.01. The van der Waals surface area contributed by atoms with Crippen LogP contribution in [0.5, 0.6) is 5.75 Å². The van der Waals surface area contributed by atoms with Crippen molar-refractivity contribution in [3.8, 4) is 5.75 Å². The van der Waals surface area contributed by atoms with Crippen LogP contribution < -0.4 is 4.74 Å². The molecule has 3 aromatic carbocycles. The normalized spacial score (nSPS) is 16.0. The fraction of sp³-hybridized carbons (Fsp3) is 0.130. The van der Waals surface area contributed by atoms with Gasteiger partial charge in [-0.1, -0.05) is 54.1 Å². The topological polar surface area (TPSA) is 41.9 Å². The van der Waals surface area contributed by atoms with Gasteiger partial charge >= 0.3 is 0 Å². The van der Waals surface area contributed by atoms with Crippen LogP contribution in [0.15, 0.2) is 84.0 Å². The molecule has 0 fully saturated rings. The predicted octanol–water partition coefficient (Wildman–Crippen LogP) is 5.34. The zero-order valence-corrected chi connectivity index (χ0v) is 16.1. The fourth-order valence-electron chi connectivity index (χ4n) is 3.31. The largest absolute Gasteiger partial charge is 0.497 e. The van der Waals surface area contributed by atoms with Crippen LogP contribution in [-0.4, -0.2) is 23.7 Å². The van der Waals surface area contributed by atoms with E-state index in [9.17, 15) is 4.79 Å². The van der Waals surface area contributed by atoms with Gasteiger partial charge in [-0.25, -0.2) is 5.01 Å². The van der Waals surface area contributed by atoms with Gasteiger partial charge in [-0.05, 0) is 47.5 Å². The number of hydrogen-bond acceptors (Lipinski definition) is 3. The molecule has 28 heavy (non-hydrogen) atoms. The van der Waals surface area contributed by atoms with Crippen LogP contribution in [0.4, 0.5) is 0 Å². The standard InChI is InChI=1S/C23H19ClN2O2/c1-28-20-13-9-17(10-14-20)22-15-21(16-5-3-2-4-6-16)25-26(22)23(27)18-7-11-19(24)12-8-18/h2-14,22H,15H2,1H3/t22-/m1/s1. The van der Waals surface area contributed by atoms with Crippen LogP contribution in [0.25, 0.3) is 0 Å². The first-order valence-corrected chi connectivity index (χ1v) is 9.39. The second-order valence-electron chi connectivity index (χ2n) is 6.56. The van der Waals surface area contributed by atoms with Gasteiger partial charge in [0.1, 0.15) is 5.75 Å². The van der Waals surface area contributed by atoms with E-state index in [4.69, 9.17) is 21.4 Å². The fourth-order valence-corrected chi connectivity index (χ4v) is 3.44. The first kappa shape index (κ1) is 18.3. The van der Waals surface area contributed by atoms with E-state index in [1.165, 1.54) is 0 Å². The monoisotopic (exact) mass is 390 g/mol. The van der Waals surface area contributed by atoms with Gasteiger partial charge in [-0.15, -0.1) is 0 Å². The van der Waals surface area contributed by atoms with E-state index < -0.39 is 0 Å². The lowest BCUT2D eigenvalue weighted by Crippen LogP contribution is -2.27. The Morgan fingerprint density at radius 1 is 1.00 bits per heavy atom. The number of halogens is 1. The van der Waals surface area contributed by atoms with Crippen molar-refractivity contribution in [1.82, 2.24) is 5.01 Å². The van der Waals surface area contributed by atoms with Crippen molar-refractivity contribution in [3.05, 3.63) is 101 Å². The van der Waals surface area contributed by atoms with Gasteiger partial charge in [0, 0.05) is 17.0 Å². The zero-order valence-electron chi connectivity index (χ0n) is 15.4. The van der Waals surface area contributed by atoms with E-state index in [-0.39, 0.29) is 11.9 Å². The van der Waals surface area contributed by atoms with Crippen molar-refractivity contribution in [2.75, 3.05) is 7.11 Å². The molecule has 1 aliphatic heterocycles. The summed E-state index contributed by atoms with van der Waals surface area (Å²) in [6.45, 7) is 0. The van der Waals surface area contributed by atoms with Gasteiger partial charge in [0.2, 0.25) is 0 Å². The SMILES string of the molecule is COc1ccc([C@H]2CC(c3ccccc3)=NN2C(=O)c2ccc(Cl)cc2)cc1. The molecule has 0 spiro atoms. The van der Waals surface area contributed by atoms with Gasteiger partial charge < -0.3 is 4.74 Å². The molecule has 0 bridgehead atoms. The highest BCUT2D eigenvalue weighted by atomic mass is 35.5. The maximum Gasteiger partial charge on any atom is 0.274 e. The van der Waals surface area contributed by atoms with Crippen LogP contribution in [0.2, 0.25) is 5.02 Å². The van der Waals surface area contributed by atoms with Crippen molar-refractivity contribution >= 4 is 23.2 Å². The molecule has 4 rings (SSSR count). The Hall–Kier alpha value is -3.11. The molecule has 0 saturated heterocycles. The van der Waals surface area contributed by atoms with E-state index in [1.54, 1.807) is 36.4 Å². The minimum Gasteiger partial charge on any atom is -0.497 e. The molecule has 1 aliphatic rings. The van der Waals surface area contributed by atoms with E-state index in [0.717, 1.165) is 22.6 Å². The molecular formula is C23H19ClN2O2. The van der Waals surface area contributed by atoms with Crippen molar-refractivity contribution in [2.45, 2.75) is 12.5 Å². The molecule has 0 radical (unpaired) electrons. The third kappa shape index (κ3) is 3.64. The molecule has 1 amide bonds. The summed E-state index contributed by atoms with van der Waals surface area (Å²) in [5.74, 6) is 0.630. The molecule has 0 N–H and O–H groups in total. The Morgan fingerprint density at radius 2 is 1.68 bits per heavy atom. The number of benzene rings is 3. The third-order valence-electron chi connectivity index (χ3n) is 4.82. The third-order valence-corrected chi connectivity index (χ3v) is 5.07. The lowest BCUT2D eigenvalue weighted by atomic mass is 9.98. The summed E-state index contributed by atoms with van der Waals surface area (Å²) in [6, 6.07) is 24.4. The zero-order chi connectivity index (χ0) is 19.5. The maximum absolute atomic E-state index is 13.2. The van der Waals surface area contributed by atoms with Crippen LogP contribution >= 0.6 is 11.6 Å². The second kappa shape index (κ2) is 7.87. The average molecular weight is 391 g/mol. The van der Waals surface area contributed by atoms with Crippen LogP contribution in [0.3, 0.4) is 0 Å². The molecule has 1 heterocycles. The van der Waals surface area contributed by atoms with Crippen molar-refractivity contribution < 1.29 is 9.53 Å². The number of rotatable bonds is 4. The lowest BCUT2D eigenvalue weighted by molar-refractivity contribution is 0.0711. The molecule has 4 nitrogen and oxygen atoms in total. The highest BCUT2D eigenvalue weighted by molar-refractivity contribution is 6.30. The Labute approximate surface area is 169 Å². The number of nitrogens with zero attached hydrogens (tertiary/aromatic N) is 2. The predicted molar refractivity (Wildman–Crippen MR) is 111 cm³/mol. The molecule has 0 unspecified atom stereocenters. The lowest BCUT2D eigenvalue weighted by Gasteiger charge is -2.22. The Kier molecular flexibility index (Phi) is 5.13. The summed E-state index contributed by atoms with van der Waals surface area (Å²) in [7, 11) is 1.64. The van der Waals surface area contributed by atoms with Gasteiger partial charge in [-0.2, -0.15) is 5.10 Å². The average Bonchev–Trinajstić information content (AvgIpc) is 3.20. The van der Waals surface area contributed by atoms with E-state index in [1.807, 2.05) is 54.6 Å². The summed E-state index contributed by atoms with van der Waals surface area (Å²) in [5, 5.41) is 6.87. The Balaban J connectivity index is 1.71. The molecule has 140 valence electrons. The van der Waals surface area contributed by atoms with E-state index in [2.05, 4.69) is 0 Å². The Morgan fingerprint density at radius 3 is 2.32 bits per heavy atom. The minimum absolute atomic E-state index is 0.150. The number of hydrogen-bond donors (Lipinski definition) is 0.